The molecule has 4 nitrogen and oxygen atoms in total. The number of amides is 1. The van der Waals surface area contributed by atoms with Crippen LogP contribution >= 0.6 is 22.9 Å². The van der Waals surface area contributed by atoms with E-state index < -0.39 is 6.10 Å². The Hall–Kier alpha value is -2.50. The van der Waals surface area contributed by atoms with Gasteiger partial charge in [0, 0.05) is 23.0 Å². The van der Waals surface area contributed by atoms with E-state index in [9.17, 15) is 4.79 Å². The molecule has 144 valence electrons. The summed E-state index contributed by atoms with van der Waals surface area (Å²) in [5.74, 6) is 0.380. The minimum atomic E-state index is -0.642. The van der Waals surface area contributed by atoms with E-state index in [2.05, 4.69) is 27.7 Å². The lowest BCUT2D eigenvalue weighted by Crippen LogP contribution is -2.33. The highest BCUT2D eigenvalue weighted by molar-refractivity contribution is 7.10. The Kier molecular flexibility index (Phi) is 5.55. The number of hydrogen-bond donors (Lipinski definition) is 1. The predicted molar refractivity (Wildman–Crippen MR) is 116 cm³/mol. The van der Waals surface area contributed by atoms with Gasteiger partial charge in [0.2, 0.25) is 0 Å². The van der Waals surface area contributed by atoms with Gasteiger partial charge < -0.3 is 15.0 Å². The Balaban J connectivity index is 1.47. The number of rotatable bonds is 5. The third-order valence-electron chi connectivity index (χ3n) is 4.79. The van der Waals surface area contributed by atoms with Crippen molar-refractivity contribution in [2.24, 2.45) is 0 Å². The predicted octanol–water partition coefficient (Wildman–Crippen LogP) is 5.37. The van der Waals surface area contributed by atoms with Crippen molar-refractivity contribution in [3.63, 3.8) is 0 Å². The third kappa shape index (κ3) is 4.16. The Labute approximate surface area is 173 Å². The second-order valence-electron chi connectivity index (χ2n) is 6.76. The van der Waals surface area contributed by atoms with Crippen LogP contribution in [0.4, 0.5) is 11.4 Å². The number of nitrogens with zero attached hydrogens (tertiary/aromatic N) is 1. The van der Waals surface area contributed by atoms with E-state index in [1.54, 1.807) is 31.2 Å². The SMILES string of the molecule is CC(Oc1cccc(Cl)c1)C(=O)Nc1ccccc1N1CCc2sccc2C1. The Morgan fingerprint density at radius 3 is 2.93 bits per heavy atom. The van der Waals surface area contributed by atoms with Crippen LogP contribution in [0.25, 0.3) is 0 Å². The summed E-state index contributed by atoms with van der Waals surface area (Å²) in [6, 6.07) is 17.2. The van der Waals surface area contributed by atoms with Crippen LogP contribution in [-0.4, -0.2) is 18.6 Å². The van der Waals surface area contributed by atoms with Crippen molar-refractivity contribution >= 4 is 40.2 Å². The molecule has 1 aliphatic heterocycles. The van der Waals surface area contributed by atoms with Crippen LogP contribution in [0.1, 0.15) is 17.4 Å². The highest BCUT2D eigenvalue weighted by Crippen LogP contribution is 2.32. The molecule has 0 saturated heterocycles. The lowest BCUT2D eigenvalue weighted by Gasteiger charge is -2.31. The molecular formula is C22H21ClN2O2S. The quantitative estimate of drug-likeness (QED) is 0.612. The fourth-order valence-corrected chi connectivity index (χ4v) is 4.41. The smallest absolute Gasteiger partial charge is 0.265 e. The van der Waals surface area contributed by atoms with Gasteiger partial charge in [0.1, 0.15) is 5.75 Å². The molecule has 1 atom stereocenters. The number of carbonyl (C=O) groups excluding carboxylic acids is 1. The number of carbonyl (C=O) groups is 1. The van der Waals surface area contributed by atoms with Crippen LogP contribution in [0.2, 0.25) is 5.02 Å². The van der Waals surface area contributed by atoms with Crippen LogP contribution in [-0.2, 0) is 17.8 Å². The van der Waals surface area contributed by atoms with E-state index >= 15 is 0 Å². The van der Waals surface area contributed by atoms with E-state index in [-0.39, 0.29) is 5.91 Å². The van der Waals surface area contributed by atoms with Gasteiger partial charge in [-0.15, -0.1) is 11.3 Å². The standard InChI is InChI=1S/C22H21ClN2O2S/c1-15(27-18-6-4-5-17(23)13-18)22(26)24-19-7-2-3-8-20(19)25-11-9-21-16(14-25)10-12-28-21/h2-8,10,12-13,15H,9,11,14H2,1H3,(H,24,26). The first-order valence-electron chi connectivity index (χ1n) is 9.22. The van der Waals surface area contributed by atoms with Gasteiger partial charge in [-0.2, -0.15) is 0 Å². The average Bonchev–Trinajstić information content (AvgIpc) is 3.16. The molecule has 1 amide bonds. The number of ether oxygens (including phenoxy) is 1. The lowest BCUT2D eigenvalue weighted by molar-refractivity contribution is -0.122. The van der Waals surface area contributed by atoms with E-state index in [1.807, 2.05) is 29.5 Å². The highest BCUT2D eigenvalue weighted by atomic mass is 35.5. The summed E-state index contributed by atoms with van der Waals surface area (Å²) in [4.78, 5) is 16.5. The van der Waals surface area contributed by atoms with Crippen LogP contribution < -0.4 is 15.0 Å². The number of fused-ring (bicyclic) bond motifs is 1. The molecule has 0 aliphatic carbocycles. The fraction of sp³-hybridized carbons (Fsp3) is 0.227. The molecule has 0 bridgehead atoms. The van der Waals surface area contributed by atoms with Gasteiger partial charge in [0.15, 0.2) is 6.10 Å². The summed E-state index contributed by atoms with van der Waals surface area (Å²) < 4.78 is 5.74. The van der Waals surface area contributed by atoms with Crippen molar-refractivity contribution in [3.05, 3.63) is 75.4 Å². The summed E-state index contributed by atoms with van der Waals surface area (Å²) in [6.45, 7) is 3.53. The van der Waals surface area contributed by atoms with E-state index in [0.29, 0.717) is 10.8 Å². The molecule has 1 aromatic heterocycles. The zero-order chi connectivity index (χ0) is 19.5. The molecule has 3 aromatic rings. The topological polar surface area (TPSA) is 41.6 Å². The van der Waals surface area contributed by atoms with Gasteiger partial charge >= 0.3 is 0 Å². The monoisotopic (exact) mass is 412 g/mol. The molecule has 0 spiro atoms. The van der Waals surface area contributed by atoms with Crippen molar-refractivity contribution in [3.8, 4) is 5.75 Å². The summed E-state index contributed by atoms with van der Waals surface area (Å²) >= 11 is 7.81. The van der Waals surface area contributed by atoms with E-state index in [4.69, 9.17) is 16.3 Å². The average molecular weight is 413 g/mol. The third-order valence-corrected chi connectivity index (χ3v) is 6.05. The summed E-state index contributed by atoms with van der Waals surface area (Å²) in [6.07, 6.45) is 0.389. The highest BCUT2D eigenvalue weighted by Gasteiger charge is 2.21. The minimum Gasteiger partial charge on any atom is -0.481 e. The van der Waals surface area contributed by atoms with Gasteiger partial charge in [-0.3, -0.25) is 4.79 Å². The molecule has 28 heavy (non-hydrogen) atoms. The largest absolute Gasteiger partial charge is 0.481 e. The molecule has 1 unspecified atom stereocenters. The van der Waals surface area contributed by atoms with Crippen LogP contribution in [0.3, 0.4) is 0 Å². The molecule has 1 N–H and O–H groups in total. The van der Waals surface area contributed by atoms with E-state index in [1.165, 1.54) is 10.4 Å². The minimum absolute atomic E-state index is 0.194. The van der Waals surface area contributed by atoms with Crippen molar-refractivity contribution in [2.75, 3.05) is 16.8 Å². The fourth-order valence-electron chi connectivity index (χ4n) is 3.34. The van der Waals surface area contributed by atoms with Crippen molar-refractivity contribution in [1.82, 2.24) is 0 Å². The second kappa shape index (κ2) is 8.25. The van der Waals surface area contributed by atoms with Gasteiger partial charge in [-0.05, 0) is 60.7 Å². The van der Waals surface area contributed by atoms with Crippen LogP contribution in [0, 0.1) is 0 Å². The number of thiophene rings is 1. The zero-order valence-electron chi connectivity index (χ0n) is 15.5. The van der Waals surface area contributed by atoms with Gasteiger partial charge in [0.25, 0.3) is 5.91 Å². The number of hydrogen-bond acceptors (Lipinski definition) is 4. The van der Waals surface area contributed by atoms with Crippen LogP contribution in [0.5, 0.6) is 5.75 Å². The number of benzene rings is 2. The van der Waals surface area contributed by atoms with Crippen LogP contribution in [0.15, 0.2) is 60.0 Å². The molecule has 2 heterocycles. The summed E-state index contributed by atoms with van der Waals surface area (Å²) in [5, 5.41) is 5.75. The molecule has 4 rings (SSSR count). The number of para-hydroxylation sites is 2. The van der Waals surface area contributed by atoms with E-state index in [0.717, 1.165) is 30.9 Å². The molecule has 0 radical (unpaired) electrons. The molecule has 0 saturated carbocycles. The number of nitrogens with one attached hydrogen (secondary N) is 1. The lowest BCUT2D eigenvalue weighted by atomic mass is 10.1. The maximum absolute atomic E-state index is 12.7. The number of anilines is 2. The summed E-state index contributed by atoms with van der Waals surface area (Å²) in [7, 11) is 0. The maximum Gasteiger partial charge on any atom is 0.265 e. The maximum atomic E-state index is 12.7. The molecule has 2 aromatic carbocycles. The Morgan fingerprint density at radius 1 is 1.21 bits per heavy atom. The Bertz CT molecular complexity index is 988. The first kappa shape index (κ1) is 18.8. The van der Waals surface area contributed by atoms with Gasteiger partial charge in [-0.1, -0.05) is 29.8 Å². The Morgan fingerprint density at radius 2 is 2.07 bits per heavy atom. The molecule has 6 heteroatoms. The normalized spacial score (nSPS) is 14.3. The summed E-state index contributed by atoms with van der Waals surface area (Å²) in [5.41, 5.74) is 3.20. The second-order valence-corrected chi connectivity index (χ2v) is 8.20. The first-order valence-corrected chi connectivity index (χ1v) is 10.5. The van der Waals surface area contributed by atoms with Gasteiger partial charge in [0.05, 0.1) is 11.4 Å². The number of halogens is 1. The van der Waals surface area contributed by atoms with Crippen molar-refractivity contribution < 1.29 is 9.53 Å². The zero-order valence-corrected chi connectivity index (χ0v) is 17.1. The van der Waals surface area contributed by atoms with Crippen molar-refractivity contribution in [1.29, 1.82) is 0 Å². The first-order chi connectivity index (χ1) is 13.6. The molecular weight excluding hydrogens is 392 g/mol. The van der Waals surface area contributed by atoms with Gasteiger partial charge in [-0.25, -0.2) is 0 Å². The molecule has 0 fully saturated rings. The van der Waals surface area contributed by atoms with Crippen molar-refractivity contribution in [2.45, 2.75) is 26.0 Å². The molecule has 1 aliphatic rings.